The minimum absolute atomic E-state index is 0.0183. The summed E-state index contributed by atoms with van der Waals surface area (Å²) in [5, 5.41) is 7.46. The molecule has 7 nitrogen and oxygen atoms in total. The molecular weight excluding hydrogens is 414 g/mol. The van der Waals surface area contributed by atoms with E-state index in [0.29, 0.717) is 25.2 Å². The van der Waals surface area contributed by atoms with Crippen LogP contribution in [0.2, 0.25) is 0 Å². The standard InChI is InChI=1S/C26H29N5O2/c32-24(28-12-4-5-20-8-13-27-14-9-20)23-17-26(23)10-15-30(16-11-26)25(33)21-18-29-31(19-21)22-6-2-1-3-7-22/h1-3,6-9,13-14,18-19,23H,4-5,10-12,15-17H2,(H,28,32). The molecule has 3 heterocycles. The third-order valence-electron chi connectivity index (χ3n) is 7.09. The van der Waals surface area contributed by atoms with E-state index >= 15 is 0 Å². The van der Waals surface area contributed by atoms with Gasteiger partial charge in [0.05, 0.1) is 17.4 Å². The van der Waals surface area contributed by atoms with E-state index in [-0.39, 0.29) is 23.1 Å². The second-order valence-electron chi connectivity index (χ2n) is 9.17. The third-order valence-corrected chi connectivity index (χ3v) is 7.09. The number of likely N-dealkylation sites (tertiary alicyclic amines) is 1. The Morgan fingerprint density at radius 2 is 1.82 bits per heavy atom. The molecule has 0 radical (unpaired) electrons. The number of aryl methyl sites for hydroxylation is 1. The first-order valence-corrected chi connectivity index (χ1v) is 11.7. The smallest absolute Gasteiger partial charge is 0.257 e. The predicted molar refractivity (Wildman–Crippen MR) is 125 cm³/mol. The van der Waals surface area contributed by atoms with Crippen molar-refractivity contribution in [3.63, 3.8) is 0 Å². The Hall–Kier alpha value is -3.48. The molecule has 2 aliphatic rings. The summed E-state index contributed by atoms with van der Waals surface area (Å²) in [6, 6.07) is 13.8. The van der Waals surface area contributed by atoms with Crippen LogP contribution in [0.4, 0.5) is 0 Å². The molecule has 0 bridgehead atoms. The van der Waals surface area contributed by atoms with E-state index in [4.69, 9.17) is 0 Å². The molecule has 7 heteroatoms. The third kappa shape index (κ3) is 4.67. The van der Waals surface area contributed by atoms with E-state index in [1.165, 1.54) is 5.56 Å². The average molecular weight is 444 g/mol. The number of carbonyl (C=O) groups is 2. The molecule has 1 aliphatic heterocycles. The molecule has 2 aromatic heterocycles. The van der Waals surface area contributed by atoms with Gasteiger partial charge in [0.1, 0.15) is 0 Å². The molecule has 1 saturated heterocycles. The lowest BCUT2D eigenvalue weighted by atomic mass is 9.90. The Kier molecular flexibility index (Phi) is 5.94. The number of benzene rings is 1. The van der Waals surface area contributed by atoms with Gasteiger partial charge in [0.2, 0.25) is 5.91 Å². The lowest BCUT2D eigenvalue weighted by molar-refractivity contribution is -0.123. The maximum Gasteiger partial charge on any atom is 0.257 e. The largest absolute Gasteiger partial charge is 0.356 e. The van der Waals surface area contributed by atoms with Crippen molar-refractivity contribution in [1.82, 2.24) is 25.0 Å². The monoisotopic (exact) mass is 443 g/mol. The zero-order chi connectivity index (χ0) is 22.7. The van der Waals surface area contributed by atoms with Gasteiger partial charge >= 0.3 is 0 Å². The number of amides is 2. The number of para-hydroxylation sites is 1. The molecular formula is C26H29N5O2. The van der Waals surface area contributed by atoms with Gasteiger partial charge in [0.25, 0.3) is 5.91 Å². The quantitative estimate of drug-likeness (QED) is 0.569. The number of aromatic nitrogens is 3. The molecule has 3 aromatic rings. The number of nitrogens with one attached hydrogen (secondary N) is 1. The topological polar surface area (TPSA) is 80.1 Å². The molecule has 33 heavy (non-hydrogen) atoms. The molecule has 1 aliphatic carbocycles. The van der Waals surface area contributed by atoms with Crippen molar-refractivity contribution >= 4 is 11.8 Å². The van der Waals surface area contributed by atoms with E-state index in [2.05, 4.69) is 15.4 Å². The number of pyridine rings is 1. The van der Waals surface area contributed by atoms with Gasteiger partial charge in [-0.15, -0.1) is 0 Å². The van der Waals surface area contributed by atoms with Crippen molar-refractivity contribution in [1.29, 1.82) is 0 Å². The van der Waals surface area contributed by atoms with Gasteiger partial charge in [0, 0.05) is 44.1 Å². The van der Waals surface area contributed by atoms with Crippen LogP contribution >= 0.6 is 0 Å². The average Bonchev–Trinajstić information content (AvgIpc) is 3.33. The molecule has 2 fully saturated rings. The number of nitrogens with zero attached hydrogens (tertiary/aromatic N) is 4. The van der Waals surface area contributed by atoms with Crippen LogP contribution in [0.15, 0.2) is 67.3 Å². The molecule has 1 atom stereocenters. The highest BCUT2D eigenvalue weighted by Crippen LogP contribution is 2.59. The fraction of sp³-hybridized carbons (Fsp3) is 0.385. The van der Waals surface area contributed by atoms with Crippen LogP contribution in [-0.4, -0.2) is 51.1 Å². The van der Waals surface area contributed by atoms with Gasteiger partial charge in [-0.2, -0.15) is 5.10 Å². The fourth-order valence-corrected chi connectivity index (χ4v) is 4.94. The number of piperidine rings is 1. The molecule has 1 saturated carbocycles. The Balaban J connectivity index is 1.08. The van der Waals surface area contributed by atoms with Crippen LogP contribution in [-0.2, 0) is 11.2 Å². The highest BCUT2D eigenvalue weighted by Gasteiger charge is 2.58. The van der Waals surface area contributed by atoms with Crippen molar-refractivity contribution in [2.45, 2.75) is 32.1 Å². The summed E-state index contributed by atoms with van der Waals surface area (Å²) in [5.74, 6) is 0.287. The maximum atomic E-state index is 13.0. The number of hydrogen-bond acceptors (Lipinski definition) is 4. The number of carbonyl (C=O) groups excluding carboxylic acids is 2. The van der Waals surface area contributed by atoms with Crippen molar-refractivity contribution in [2.75, 3.05) is 19.6 Å². The van der Waals surface area contributed by atoms with Gasteiger partial charge in [-0.1, -0.05) is 18.2 Å². The van der Waals surface area contributed by atoms with Crippen molar-refractivity contribution in [3.8, 4) is 5.69 Å². The summed E-state index contributed by atoms with van der Waals surface area (Å²) in [7, 11) is 0. The van der Waals surface area contributed by atoms with E-state index in [9.17, 15) is 9.59 Å². The molecule has 2 amide bonds. The van der Waals surface area contributed by atoms with Gasteiger partial charge in [-0.3, -0.25) is 14.6 Å². The Morgan fingerprint density at radius 3 is 2.58 bits per heavy atom. The van der Waals surface area contributed by atoms with Crippen LogP contribution in [0.1, 0.15) is 41.6 Å². The summed E-state index contributed by atoms with van der Waals surface area (Å²) in [6.45, 7) is 2.09. The summed E-state index contributed by atoms with van der Waals surface area (Å²) >= 11 is 0. The normalized spacial score (nSPS) is 18.8. The first-order chi connectivity index (χ1) is 16.1. The van der Waals surface area contributed by atoms with E-state index in [0.717, 1.165) is 37.8 Å². The Labute approximate surface area is 193 Å². The molecule has 1 aromatic carbocycles. The Morgan fingerprint density at radius 1 is 1.06 bits per heavy atom. The number of hydrogen-bond donors (Lipinski definition) is 1. The van der Waals surface area contributed by atoms with E-state index < -0.39 is 0 Å². The molecule has 1 spiro atoms. The molecule has 5 rings (SSSR count). The Bertz CT molecular complexity index is 1100. The van der Waals surface area contributed by atoms with E-state index in [1.54, 1.807) is 29.5 Å². The van der Waals surface area contributed by atoms with Crippen LogP contribution in [0.25, 0.3) is 5.69 Å². The highest BCUT2D eigenvalue weighted by molar-refractivity contribution is 5.94. The zero-order valence-electron chi connectivity index (χ0n) is 18.7. The minimum Gasteiger partial charge on any atom is -0.356 e. The second kappa shape index (κ2) is 9.17. The molecule has 170 valence electrons. The molecule has 1 unspecified atom stereocenters. The maximum absolute atomic E-state index is 13.0. The SMILES string of the molecule is O=C(NCCCc1ccncc1)C1CC12CCN(C(=O)c1cnn(-c3ccccc3)c1)CC2. The minimum atomic E-state index is 0.0183. The summed E-state index contributed by atoms with van der Waals surface area (Å²) in [6.07, 6.45) is 11.6. The van der Waals surface area contributed by atoms with Crippen LogP contribution in [0, 0.1) is 11.3 Å². The van der Waals surface area contributed by atoms with Crippen LogP contribution in [0.3, 0.4) is 0 Å². The van der Waals surface area contributed by atoms with Gasteiger partial charge < -0.3 is 10.2 Å². The summed E-state index contributed by atoms with van der Waals surface area (Å²) in [5.41, 5.74) is 2.87. The zero-order valence-corrected chi connectivity index (χ0v) is 18.7. The lowest BCUT2D eigenvalue weighted by Crippen LogP contribution is -2.40. The van der Waals surface area contributed by atoms with Gasteiger partial charge in [0.15, 0.2) is 0 Å². The lowest BCUT2D eigenvalue weighted by Gasteiger charge is -2.32. The number of rotatable bonds is 7. The van der Waals surface area contributed by atoms with Crippen molar-refractivity contribution in [2.24, 2.45) is 11.3 Å². The summed E-state index contributed by atoms with van der Waals surface area (Å²) < 4.78 is 1.73. The second-order valence-corrected chi connectivity index (χ2v) is 9.17. The fourth-order valence-electron chi connectivity index (χ4n) is 4.94. The highest BCUT2D eigenvalue weighted by atomic mass is 16.2. The van der Waals surface area contributed by atoms with Gasteiger partial charge in [-0.25, -0.2) is 4.68 Å². The van der Waals surface area contributed by atoms with Crippen LogP contribution in [0.5, 0.6) is 0 Å². The first kappa shape index (κ1) is 21.4. The van der Waals surface area contributed by atoms with E-state index in [1.807, 2.05) is 47.4 Å². The van der Waals surface area contributed by atoms with Gasteiger partial charge in [-0.05, 0) is 67.3 Å². The predicted octanol–water partition coefficient (Wildman–Crippen LogP) is 3.26. The van der Waals surface area contributed by atoms with Crippen LogP contribution < -0.4 is 5.32 Å². The van der Waals surface area contributed by atoms with Crippen molar-refractivity contribution in [3.05, 3.63) is 78.4 Å². The summed E-state index contributed by atoms with van der Waals surface area (Å²) in [4.78, 5) is 31.6. The molecule has 1 N–H and O–H groups in total. The van der Waals surface area contributed by atoms with Crippen molar-refractivity contribution < 1.29 is 9.59 Å². The first-order valence-electron chi connectivity index (χ1n) is 11.7.